The van der Waals surface area contributed by atoms with E-state index in [1.807, 2.05) is 6.07 Å². The molecule has 3 aromatic carbocycles. The van der Waals surface area contributed by atoms with Gasteiger partial charge in [0.05, 0.1) is 0 Å². The predicted molar refractivity (Wildman–Crippen MR) is 135 cm³/mol. The van der Waals surface area contributed by atoms with Crippen molar-refractivity contribution in [1.82, 2.24) is 10.2 Å². The standard InChI is InChI=1S/C28H25N3O6/c1-2-28(21-11-7-4-8-12-21)26(35)31(27(36)30-28)17-24(33)37-18-23(32)19-13-15-22(16-14-19)29-25(34)20-9-5-3-6-10-20/h3-16H,2,17-18H2,1H3,(H,29,34)(H,30,36)/t28-/m0/s1. The molecule has 2 N–H and O–H groups in total. The average Bonchev–Trinajstić information content (AvgIpc) is 3.18. The van der Waals surface area contributed by atoms with Gasteiger partial charge >= 0.3 is 12.0 Å². The highest BCUT2D eigenvalue weighted by molar-refractivity contribution is 6.09. The third-order valence-corrected chi connectivity index (χ3v) is 6.12. The first-order valence-corrected chi connectivity index (χ1v) is 11.7. The Kier molecular flexibility index (Phi) is 7.43. The normalized spacial score (nSPS) is 16.7. The quantitative estimate of drug-likeness (QED) is 0.264. The Labute approximate surface area is 213 Å². The molecule has 0 aromatic heterocycles. The summed E-state index contributed by atoms with van der Waals surface area (Å²) in [5.41, 5.74) is 0.630. The highest BCUT2D eigenvalue weighted by atomic mass is 16.5. The molecule has 0 unspecified atom stereocenters. The van der Waals surface area contributed by atoms with E-state index in [9.17, 15) is 24.0 Å². The molecule has 3 aromatic rings. The second-order valence-corrected chi connectivity index (χ2v) is 8.43. The molecule has 9 nitrogen and oxygen atoms in total. The first-order valence-electron chi connectivity index (χ1n) is 11.7. The minimum Gasteiger partial charge on any atom is -0.456 e. The van der Waals surface area contributed by atoms with Crippen molar-refractivity contribution >= 4 is 35.3 Å². The molecular weight excluding hydrogens is 474 g/mol. The summed E-state index contributed by atoms with van der Waals surface area (Å²) < 4.78 is 5.04. The van der Waals surface area contributed by atoms with Crippen molar-refractivity contribution in [2.75, 3.05) is 18.5 Å². The van der Waals surface area contributed by atoms with E-state index in [4.69, 9.17) is 4.74 Å². The van der Waals surface area contributed by atoms with E-state index in [0.29, 0.717) is 23.2 Å². The van der Waals surface area contributed by atoms with Gasteiger partial charge in [-0.15, -0.1) is 0 Å². The predicted octanol–water partition coefficient (Wildman–Crippen LogP) is 3.52. The molecule has 0 radical (unpaired) electrons. The summed E-state index contributed by atoms with van der Waals surface area (Å²) in [6, 6.07) is 22.9. The fourth-order valence-corrected chi connectivity index (χ4v) is 4.07. The van der Waals surface area contributed by atoms with Crippen LogP contribution in [0.1, 0.15) is 39.6 Å². The van der Waals surface area contributed by atoms with Gasteiger partial charge in [0.1, 0.15) is 12.1 Å². The van der Waals surface area contributed by atoms with E-state index in [-0.39, 0.29) is 11.5 Å². The van der Waals surface area contributed by atoms with Crippen LogP contribution in [0.5, 0.6) is 0 Å². The van der Waals surface area contributed by atoms with E-state index < -0.39 is 42.4 Å². The number of carbonyl (C=O) groups is 5. The van der Waals surface area contributed by atoms with Crippen LogP contribution in [-0.4, -0.2) is 47.6 Å². The number of esters is 1. The van der Waals surface area contributed by atoms with E-state index in [1.165, 1.54) is 12.1 Å². The van der Waals surface area contributed by atoms with Crippen LogP contribution in [0.25, 0.3) is 0 Å². The summed E-state index contributed by atoms with van der Waals surface area (Å²) in [7, 11) is 0. The molecule has 1 atom stereocenters. The molecule has 0 aliphatic carbocycles. The van der Waals surface area contributed by atoms with E-state index in [1.54, 1.807) is 73.7 Å². The van der Waals surface area contributed by atoms with Crippen LogP contribution in [0, 0.1) is 0 Å². The van der Waals surface area contributed by atoms with Crippen molar-refractivity contribution in [1.29, 1.82) is 0 Å². The molecule has 1 fully saturated rings. The number of ether oxygens (including phenoxy) is 1. The Morgan fingerprint density at radius 2 is 1.49 bits per heavy atom. The Hall–Kier alpha value is -4.79. The number of ketones is 1. The lowest BCUT2D eigenvalue weighted by atomic mass is 9.87. The molecule has 37 heavy (non-hydrogen) atoms. The fraction of sp³-hybridized carbons (Fsp3) is 0.179. The van der Waals surface area contributed by atoms with Crippen LogP contribution >= 0.6 is 0 Å². The lowest BCUT2D eigenvalue weighted by Crippen LogP contribution is -2.44. The van der Waals surface area contributed by atoms with Gasteiger partial charge in [-0.25, -0.2) is 4.79 Å². The van der Waals surface area contributed by atoms with Gasteiger partial charge in [0.15, 0.2) is 12.4 Å². The number of amides is 4. The molecular formula is C28H25N3O6. The summed E-state index contributed by atoms with van der Waals surface area (Å²) in [6.45, 7) is 0.594. The van der Waals surface area contributed by atoms with E-state index >= 15 is 0 Å². The lowest BCUT2D eigenvalue weighted by Gasteiger charge is -2.25. The summed E-state index contributed by atoms with van der Waals surface area (Å²) in [6.07, 6.45) is 0.299. The molecule has 188 valence electrons. The van der Waals surface area contributed by atoms with Crippen LogP contribution in [0.15, 0.2) is 84.9 Å². The van der Waals surface area contributed by atoms with Crippen LogP contribution < -0.4 is 10.6 Å². The Morgan fingerprint density at radius 1 is 0.865 bits per heavy atom. The maximum atomic E-state index is 13.1. The SMILES string of the molecule is CC[C@@]1(c2ccccc2)NC(=O)N(CC(=O)OCC(=O)c2ccc(NC(=O)c3ccccc3)cc2)C1=O. The van der Waals surface area contributed by atoms with Crippen LogP contribution in [0.2, 0.25) is 0 Å². The highest BCUT2D eigenvalue weighted by Gasteiger charge is 2.51. The summed E-state index contributed by atoms with van der Waals surface area (Å²) in [4.78, 5) is 63.5. The van der Waals surface area contributed by atoms with E-state index in [2.05, 4.69) is 10.6 Å². The Morgan fingerprint density at radius 3 is 2.11 bits per heavy atom. The number of imide groups is 1. The Balaban J connectivity index is 1.31. The number of hydrogen-bond acceptors (Lipinski definition) is 6. The molecule has 4 rings (SSSR count). The first kappa shape index (κ1) is 25.3. The number of hydrogen-bond donors (Lipinski definition) is 2. The van der Waals surface area contributed by atoms with Crippen molar-refractivity contribution in [3.63, 3.8) is 0 Å². The second kappa shape index (κ2) is 10.9. The van der Waals surface area contributed by atoms with Crippen molar-refractivity contribution < 1.29 is 28.7 Å². The van der Waals surface area contributed by atoms with E-state index in [0.717, 1.165) is 4.90 Å². The van der Waals surface area contributed by atoms with Gasteiger partial charge in [-0.05, 0) is 48.4 Å². The maximum Gasteiger partial charge on any atom is 0.326 e. The topological polar surface area (TPSA) is 122 Å². The van der Waals surface area contributed by atoms with Crippen molar-refractivity contribution in [3.05, 3.63) is 102 Å². The summed E-state index contributed by atoms with van der Waals surface area (Å²) in [5, 5.41) is 5.43. The molecule has 1 saturated heterocycles. The highest BCUT2D eigenvalue weighted by Crippen LogP contribution is 2.32. The van der Waals surface area contributed by atoms with Gasteiger partial charge < -0.3 is 15.4 Å². The van der Waals surface area contributed by atoms with Gasteiger partial charge in [0, 0.05) is 16.8 Å². The molecule has 0 bridgehead atoms. The second-order valence-electron chi connectivity index (χ2n) is 8.43. The number of benzene rings is 3. The van der Waals surface area contributed by atoms with Gasteiger partial charge in [0.25, 0.3) is 11.8 Å². The van der Waals surface area contributed by atoms with Crippen LogP contribution in [0.3, 0.4) is 0 Å². The monoisotopic (exact) mass is 499 g/mol. The molecule has 0 spiro atoms. The number of nitrogens with one attached hydrogen (secondary N) is 2. The minimum absolute atomic E-state index is 0.273. The van der Waals surface area contributed by atoms with Gasteiger partial charge in [-0.1, -0.05) is 55.5 Å². The third kappa shape index (κ3) is 5.40. The van der Waals surface area contributed by atoms with Gasteiger partial charge in [0.2, 0.25) is 0 Å². The van der Waals surface area contributed by atoms with Crippen LogP contribution in [-0.2, 0) is 19.9 Å². The molecule has 1 heterocycles. The number of nitrogens with zero attached hydrogens (tertiary/aromatic N) is 1. The van der Waals surface area contributed by atoms with Crippen LogP contribution in [0.4, 0.5) is 10.5 Å². The van der Waals surface area contributed by atoms with Gasteiger partial charge in [-0.2, -0.15) is 0 Å². The number of anilines is 1. The molecule has 1 aliphatic heterocycles. The zero-order valence-electron chi connectivity index (χ0n) is 20.1. The number of urea groups is 1. The van der Waals surface area contributed by atoms with Crippen molar-refractivity contribution in [3.8, 4) is 0 Å². The number of carbonyl (C=O) groups excluding carboxylic acids is 5. The smallest absolute Gasteiger partial charge is 0.326 e. The molecule has 0 saturated carbocycles. The summed E-state index contributed by atoms with van der Waals surface area (Å²) >= 11 is 0. The average molecular weight is 500 g/mol. The van der Waals surface area contributed by atoms with Gasteiger partial charge in [-0.3, -0.25) is 24.1 Å². The zero-order valence-corrected chi connectivity index (χ0v) is 20.1. The lowest BCUT2D eigenvalue weighted by molar-refractivity contribution is -0.147. The number of Topliss-reactive ketones (excluding diaryl/α,β-unsaturated/α-hetero) is 1. The van der Waals surface area contributed by atoms with Crippen molar-refractivity contribution in [2.24, 2.45) is 0 Å². The molecule has 1 aliphatic rings. The molecule has 4 amide bonds. The fourth-order valence-electron chi connectivity index (χ4n) is 4.07. The minimum atomic E-state index is -1.26. The largest absolute Gasteiger partial charge is 0.456 e. The summed E-state index contributed by atoms with van der Waals surface area (Å²) in [5.74, 6) is -2.20. The maximum absolute atomic E-state index is 13.1. The number of rotatable bonds is 9. The first-order chi connectivity index (χ1) is 17.8. The third-order valence-electron chi connectivity index (χ3n) is 6.12. The molecule has 9 heteroatoms. The Bertz CT molecular complexity index is 1330. The van der Waals surface area contributed by atoms with Crippen molar-refractivity contribution in [2.45, 2.75) is 18.9 Å². The zero-order chi connectivity index (χ0) is 26.4.